The Balaban J connectivity index is 2.93. The van der Waals surface area contributed by atoms with Gasteiger partial charge in [0, 0.05) is 17.6 Å². The highest BCUT2D eigenvalue weighted by atomic mass is 28.4. The van der Waals surface area contributed by atoms with Gasteiger partial charge < -0.3 is 0 Å². The first-order valence-electron chi connectivity index (χ1n) is 3.45. The standard InChI is InChI=1S/C7H9F2NSi/c1-2-11(8,9)7-4-3-5-10-6-7/h3-6H,2H2,1H3. The lowest BCUT2D eigenvalue weighted by atomic mass is 10.5. The van der Waals surface area contributed by atoms with Crippen molar-refractivity contribution in [3.8, 4) is 0 Å². The summed E-state index contributed by atoms with van der Waals surface area (Å²) < 4.78 is 26.0. The number of hydrogen-bond donors (Lipinski definition) is 0. The fourth-order valence-corrected chi connectivity index (χ4v) is 1.79. The Kier molecular flexibility index (Phi) is 2.33. The second-order valence-electron chi connectivity index (χ2n) is 2.30. The summed E-state index contributed by atoms with van der Waals surface area (Å²) in [5, 5.41) is 0.127. The summed E-state index contributed by atoms with van der Waals surface area (Å²) in [6, 6.07) is 2.95. The summed E-state index contributed by atoms with van der Waals surface area (Å²) in [5.74, 6) is 0. The van der Waals surface area contributed by atoms with Crippen molar-refractivity contribution >= 4 is 13.9 Å². The second-order valence-corrected chi connectivity index (χ2v) is 4.99. The summed E-state index contributed by atoms with van der Waals surface area (Å²) in [7, 11) is -4.12. The van der Waals surface area contributed by atoms with Gasteiger partial charge in [0.25, 0.3) is 0 Å². The third-order valence-electron chi connectivity index (χ3n) is 1.53. The molecule has 0 fully saturated rings. The van der Waals surface area contributed by atoms with Gasteiger partial charge in [-0.05, 0) is 12.1 Å². The molecule has 1 aromatic heterocycles. The molecule has 0 aliphatic carbocycles. The Hall–Kier alpha value is -0.773. The highest BCUT2D eigenvalue weighted by Gasteiger charge is 2.35. The Bertz CT molecular complexity index is 225. The predicted octanol–water partition coefficient (Wildman–Crippen LogP) is 1.69. The number of pyridine rings is 1. The van der Waals surface area contributed by atoms with E-state index in [-0.39, 0.29) is 11.2 Å². The van der Waals surface area contributed by atoms with E-state index in [1.807, 2.05) is 0 Å². The molecule has 0 saturated heterocycles. The lowest BCUT2D eigenvalue weighted by Gasteiger charge is -2.08. The molecule has 0 bridgehead atoms. The topological polar surface area (TPSA) is 12.9 Å². The SMILES string of the molecule is CC[Si](F)(F)c1cccnc1. The normalized spacial score (nSPS) is 11.5. The summed E-state index contributed by atoms with van der Waals surface area (Å²) in [6.07, 6.45) is 2.76. The van der Waals surface area contributed by atoms with E-state index in [1.54, 1.807) is 6.07 Å². The van der Waals surface area contributed by atoms with Crippen LogP contribution in [0.4, 0.5) is 8.22 Å². The zero-order valence-corrected chi connectivity index (χ0v) is 7.22. The molecular formula is C7H9F2NSi. The molecule has 11 heavy (non-hydrogen) atoms. The van der Waals surface area contributed by atoms with Crippen molar-refractivity contribution in [3.05, 3.63) is 24.5 Å². The first-order chi connectivity index (χ1) is 5.17. The van der Waals surface area contributed by atoms with Crippen LogP contribution >= 0.6 is 0 Å². The van der Waals surface area contributed by atoms with Crippen molar-refractivity contribution in [1.82, 2.24) is 4.98 Å². The first-order valence-corrected chi connectivity index (χ1v) is 5.41. The maximum Gasteiger partial charge on any atom is 0.456 e. The van der Waals surface area contributed by atoms with Gasteiger partial charge in [-0.15, -0.1) is 0 Å². The van der Waals surface area contributed by atoms with Crippen LogP contribution in [0.2, 0.25) is 6.04 Å². The summed E-state index contributed by atoms with van der Waals surface area (Å²) in [4.78, 5) is 3.65. The van der Waals surface area contributed by atoms with Crippen LogP contribution in [-0.2, 0) is 0 Å². The van der Waals surface area contributed by atoms with Crippen LogP contribution in [0.25, 0.3) is 0 Å². The Morgan fingerprint density at radius 2 is 2.27 bits per heavy atom. The third kappa shape index (κ3) is 1.83. The van der Waals surface area contributed by atoms with Gasteiger partial charge in [0.1, 0.15) is 0 Å². The van der Waals surface area contributed by atoms with Crippen LogP contribution in [0.3, 0.4) is 0 Å². The minimum Gasteiger partial charge on any atom is -0.265 e. The monoisotopic (exact) mass is 173 g/mol. The minimum absolute atomic E-state index is 0.0430. The van der Waals surface area contributed by atoms with Crippen molar-refractivity contribution in [1.29, 1.82) is 0 Å². The van der Waals surface area contributed by atoms with Gasteiger partial charge in [0.05, 0.1) is 0 Å². The van der Waals surface area contributed by atoms with Gasteiger partial charge in [-0.2, -0.15) is 0 Å². The van der Waals surface area contributed by atoms with Gasteiger partial charge in [-0.1, -0.05) is 13.0 Å². The first kappa shape index (κ1) is 8.32. The summed E-state index contributed by atoms with van der Waals surface area (Å²) in [5.41, 5.74) is 0. The van der Waals surface area contributed by atoms with E-state index < -0.39 is 8.74 Å². The van der Waals surface area contributed by atoms with E-state index in [1.165, 1.54) is 25.4 Å². The third-order valence-corrected chi connectivity index (χ3v) is 3.56. The van der Waals surface area contributed by atoms with E-state index in [0.29, 0.717) is 0 Å². The highest BCUT2D eigenvalue weighted by molar-refractivity contribution is 6.79. The fraction of sp³-hybridized carbons (Fsp3) is 0.286. The molecule has 0 aliphatic rings. The van der Waals surface area contributed by atoms with Crippen molar-refractivity contribution < 1.29 is 8.22 Å². The van der Waals surface area contributed by atoms with Crippen LogP contribution in [0.1, 0.15) is 6.92 Å². The van der Waals surface area contributed by atoms with Crippen molar-refractivity contribution in [3.63, 3.8) is 0 Å². The van der Waals surface area contributed by atoms with E-state index in [2.05, 4.69) is 4.98 Å². The molecule has 1 rings (SSSR count). The maximum absolute atomic E-state index is 13.0. The largest absolute Gasteiger partial charge is 0.456 e. The number of nitrogens with zero attached hydrogens (tertiary/aromatic N) is 1. The molecule has 0 amide bonds. The van der Waals surface area contributed by atoms with Gasteiger partial charge >= 0.3 is 8.74 Å². The fourth-order valence-electron chi connectivity index (χ4n) is 0.783. The van der Waals surface area contributed by atoms with Crippen molar-refractivity contribution in [2.75, 3.05) is 0 Å². The second kappa shape index (κ2) is 3.09. The molecule has 0 aliphatic heterocycles. The molecule has 0 spiro atoms. The molecule has 1 aromatic rings. The lowest BCUT2D eigenvalue weighted by Crippen LogP contribution is -2.38. The van der Waals surface area contributed by atoms with Gasteiger partial charge in [-0.25, -0.2) is 0 Å². The Labute approximate surface area is 65.4 Å². The van der Waals surface area contributed by atoms with Gasteiger partial charge in [-0.3, -0.25) is 13.2 Å². The van der Waals surface area contributed by atoms with Crippen LogP contribution in [0.15, 0.2) is 24.5 Å². The zero-order chi connectivity index (χ0) is 8.32. The molecule has 0 aromatic carbocycles. The van der Waals surface area contributed by atoms with Gasteiger partial charge in [0.15, 0.2) is 0 Å². The molecule has 0 radical (unpaired) electrons. The summed E-state index contributed by atoms with van der Waals surface area (Å²) in [6.45, 7) is 1.51. The maximum atomic E-state index is 13.0. The van der Waals surface area contributed by atoms with Crippen LogP contribution < -0.4 is 5.19 Å². The van der Waals surface area contributed by atoms with Crippen LogP contribution in [-0.4, -0.2) is 13.7 Å². The molecule has 0 atom stereocenters. The van der Waals surface area contributed by atoms with E-state index >= 15 is 0 Å². The lowest BCUT2D eigenvalue weighted by molar-refractivity contribution is 0.625. The molecule has 0 unspecified atom stereocenters. The smallest absolute Gasteiger partial charge is 0.265 e. The quantitative estimate of drug-likeness (QED) is 0.490. The van der Waals surface area contributed by atoms with Crippen molar-refractivity contribution in [2.24, 2.45) is 0 Å². The average Bonchev–Trinajstić information content (AvgIpc) is 2.06. The minimum atomic E-state index is -4.12. The molecule has 60 valence electrons. The van der Waals surface area contributed by atoms with E-state index in [0.717, 1.165) is 0 Å². The van der Waals surface area contributed by atoms with Crippen molar-refractivity contribution in [2.45, 2.75) is 13.0 Å². The van der Waals surface area contributed by atoms with E-state index in [4.69, 9.17) is 0 Å². The summed E-state index contributed by atoms with van der Waals surface area (Å²) >= 11 is 0. The van der Waals surface area contributed by atoms with Crippen LogP contribution in [0, 0.1) is 0 Å². The zero-order valence-electron chi connectivity index (χ0n) is 6.22. The van der Waals surface area contributed by atoms with Crippen LogP contribution in [0.5, 0.6) is 0 Å². The number of rotatable bonds is 2. The number of halogens is 2. The molecular weight excluding hydrogens is 164 g/mol. The predicted molar refractivity (Wildman–Crippen MR) is 42.3 cm³/mol. The Morgan fingerprint density at radius 3 is 2.73 bits per heavy atom. The Morgan fingerprint density at radius 1 is 1.55 bits per heavy atom. The molecule has 1 nitrogen and oxygen atoms in total. The van der Waals surface area contributed by atoms with E-state index in [9.17, 15) is 8.22 Å². The number of hydrogen-bond acceptors (Lipinski definition) is 1. The number of aromatic nitrogens is 1. The average molecular weight is 173 g/mol. The molecule has 0 saturated carbocycles. The molecule has 4 heteroatoms. The molecule has 1 heterocycles. The highest BCUT2D eigenvalue weighted by Crippen LogP contribution is 2.11. The van der Waals surface area contributed by atoms with Gasteiger partial charge in [0.2, 0.25) is 0 Å². The molecule has 0 N–H and O–H groups in total.